The zero-order chi connectivity index (χ0) is 70.0. The number of aromatic hydroxyl groups is 5. The van der Waals surface area contributed by atoms with Gasteiger partial charge in [0, 0.05) is 40.8 Å². The average Bonchev–Trinajstić information content (AvgIpc) is 0.769. The topological polar surface area (TPSA) is 495 Å². The SMILES string of the molecule is CNC1C(=O)NC2Cc3ccc(cc3)Oc3cc4cc(c3OC3OC(C(=O)O)C(O)C(O)C3N)Oc3ccc(cc3Cl)C(O)C3NC(=O)C(NC(=O)C4NC(=O)C(NC2=O)c2cc(cc(O)c2Cl)Oc2cc1ccc2O)c1ccc(O)c(c1)-c1c(O)cc(O)cc1[C@H](C(=O)O)NC3=O. The summed E-state index contributed by atoms with van der Waals surface area (Å²) in [5.74, 6) is -17.6. The highest BCUT2D eigenvalue weighted by Crippen LogP contribution is 2.49. The van der Waals surface area contributed by atoms with Crippen molar-refractivity contribution in [3.8, 4) is 80.1 Å². The number of aliphatic carboxylic acids is 2. The fourth-order valence-electron chi connectivity index (χ4n) is 11.9. The minimum Gasteiger partial charge on any atom is -0.508 e. The number of fused-ring (bicyclic) bond motifs is 14. The molecule has 12 unspecified atom stereocenters. The van der Waals surface area contributed by atoms with Gasteiger partial charge < -0.3 is 118 Å². The Morgan fingerprint density at radius 3 is 1.88 bits per heavy atom. The molecule has 17 bridgehead atoms. The Morgan fingerprint density at radius 2 is 1.18 bits per heavy atom. The number of likely N-dealkylation sites (N-methyl/N-ethyl adjacent to an activating group) is 1. The second-order valence-corrected chi connectivity index (χ2v) is 24.0. The quantitative estimate of drug-likeness (QED) is 0.118. The average molecular weight is 1390 g/mol. The van der Waals surface area contributed by atoms with Gasteiger partial charge in [-0.15, -0.1) is 0 Å². The van der Waals surface area contributed by atoms with Crippen LogP contribution in [0.1, 0.15) is 75.3 Å². The molecule has 31 nitrogen and oxygen atoms in total. The number of hydrogen-bond acceptors (Lipinski definition) is 23. The van der Waals surface area contributed by atoms with Gasteiger partial charge in [-0.3, -0.25) is 28.8 Å². The summed E-state index contributed by atoms with van der Waals surface area (Å²) in [6, 6.07) is 5.82. The van der Waals surface area contributed by atoms with E-state index in [4.69, 9.17) is 52.6 Å². The number of nitrogens with two attached hydrogens (primary N) is 1. The molecule has 7 heterocycles. The lowest BCUT2D eigenvalue weighted by Crippen LogP contribution is -2.64. The van der Waals surface area contributed by atoms with E-state index in [1.807, 2.05) is 0 Å². The first-order valence-corrected chi connectivity index (χ1v) is 30.3. The lowest BCUT2D eigenvalue weighted by Gasteiger charge is -2.39. The van der Waals surface area contributed by atoms with E-state index in [1.165, 1.54) is 49.5 Å². The lowest BCUT2D eigenvalue weighted by molar-refractivity contribution is -0.236. The van der Waals surface area contributed by atoms with Gasteiger partial charge in [0.15, 0.2) is 35.1 Å². The van der Waals surface area contributed by atoms with Crippen LogP contribution < -0.4 is 61.9 Å². The molecule has 1 saturated heterocycles. The van der Waals surface area contributed by atoms with Crippen LogP contribution in [0.2, 0.25) is 10.0 Å². The van der Waals surface area contributed by atoms with Crippen LogP contribution >= 0.6 is 23.2 Å². The number of ether oxygens (including phenoxy) is 5. The maximum atomic E-state index is 16.1. The monoisotopic (exact) mass is 1390 g/mol. The molecular formula is C65H56Cl2N8O23. The van der Waals surface area contributed by atoms with Crippen molar-refractivity contribution in [1.29, 1.82) is 0 Å². The number of carboxylic acids is 2. The van der Waals surface area contributed by atoms with E-state index < -0.39 is 210 Å². The predicted octanol–water partition coefficient (Wildman–Crippen LogP) is 2.78. The maximum absolute atomic E-state index is 16.1. The third-order valence-corrected chi connectivity index (χ3v) is 17.6. The Balaban J connectivity index is 1.12. The number of aliphatic hydroxyl groups is 3. The van der Waals surface area contributed by atoms with Gasteiger partial charge in [0.1, 0.15) is 94.8 Å². The summed E-state index contributed by atoms with van der Waals surface area (Å²) in [6.45, 7) is 0. The standard InChI is InChI=1S/C65H56Cl2N8O23/c1-69-46-24-5-10-36(78)40(15-24)95-29-20-32(44(67)38(80)21-29)49-61(88)72-48-26-16-41(94-28-7-2-22(3-8-28)12-34(57(84)73-49)70-58(46)85)55(97-65-45(68)53(82)54(83)56(98-65)64(92)93)42(17-26)96-39-11-6-25(14-33(39)66)52(81)51-62(89)74-50(63(90)91)31-18-27(76)19-37(79)43(31)30-13-23(4-9-35(30)77)47(59(86)75-51)71-60(48)87/h2-11,13-21,34,45-54,56,65,69,76-83H,12,68H2,1H3,(H,70,85)(H,71,87)(H,72,88)(H,73,84)(H,74,89)(H,75,86)(H,90,91)(H,92,93)/t34?,45?,46?,47?,48?,49?,50-,51?,52?,53?,54?,56?,65?/m1/s1. The number of rotatable bonds is 5. The minimum atomic E-state index is -2.34. The van der Waals surface area contributed by atoms with E-state index >= 15 is 19.2 Å². The molecule has 14 rings (SSSR count). The fourth-order valence-corrected chi connectivity index (χ4v) is 12.3. The normalized spacial score (nSPS) is 25.4. The molecule has 7 aliphatic rings. The van der Waals surface area contributed by atoms with Crippen LogP contribution in [0, 0.1) is 0 Å². The van der Waals surface area contributed by atoms with Gasteiger partial charge in [-0.05, 0) is 108 Å². The van der Waals surface area contributed by atoms with Crippen molar-refractivity contribution in [3.63, 3.8) is 0 Å². The molecular weight excluding hydrogens is 1330 g/mol. The van der Waals surface area contributed by atoms with Gasteiger partial charge in [0.2, 0.25) is 47.5 Å². The minimum absolute atomic E-state index is 0.0938. The first-order valence-electron chi connectivity index (χ1n) is 29.6. The molecule has 0 aromatic heterocycles. The van der Waals surface area contributed by atoms with Crippen LogP contribution in [0.25, 0.3) is 11.1 Å². The van der Waals surface area contributed by atoms with Crippen molar-refractivity contribution in [1.82, 2.24) is 37.2 Å². The summed E-state index contributed by atoms with van der Waals surface area (Å²) < 4.78 is 31.1. The molecule has 7 aromatic carbocycles. The molecule has 1 fully saturated rings. The van der Waals surface area contributed by atoms with Crippen LogP contribution in [-0.4, -0.2) is 148 Å². The number of carbonyl (C=O) groups excluding carboxylic acids is 6. The number of aliphatic hydroxyl groups excluding tert-OH is 3. The first kappa shape index (κ1) is 66.8. The first-order chi connectivity index (χ1) is 46.6. The summed E-state index contributed by atoms with van der Waals surface area (Å²) in [5.41, 5.74) is 3.82. The molecule has 98 heavy (non-hydrogen) atoms. The van der Waals surface area contributed by atoms with Crippen LogP contribution in [0.15, 0.2) is 115 Å². The summed E-state index contributed by atoms with van der Waals surface area (Å²) >= 11 is 13.9. The van der Waals surface area contributed by atoms with Gasteiger partial charge in [-0.25, -0.2) is 9.59 Å². The molecule has 19 N–H and O–H groups in total. The smallest absolute Gasteiger partial charge is 0.335 e. The number of phenolic OH excluding ortho intramolecular Hbond substituents is 5. The number of phenols is 5. The summed E-state index contributed by atoms with van der Waals surface area (Å²) in [4.78, 5) is 118. The van der Waals surface area contributed by atoms with E-state index in [0.29, 0.717) is 5.56 Å². The van der Waals surface area contributed by atoms with Gasteiger partial charge in [-0.2, -0.15) is 0 Å². The lowest BCUT2D eigenvalue weighted by atomic mass is 9.89. The second kappa shape index (κ2) is 26.4. The van der Waals surface area contributed by atoms with Crippen molar-refractivity contribution in [2.45, 2.75) is 85.5 Å². The Kier molecular flexibility index (Phi) is 18.0. The number of benzene rings is 7. The Hall–Kier alpha value is -11.2. The molecule has 6 amide bonds. The molecule has 13 atom stereocenters. The van der Waals surface area contributed by atoms with E-state index in [1.54, 1.807) is 0 Å². The zero-order valence-corrected chi connectivity index (χ0v) is 51.8. The highest BCUT2D eigenvalue weighted by atomic mass is 35.5. The number of nitrogens with one attached hydrogen (secondary N) is 7. The molecule has 0 aliphatic carbocycles. The molecule has 0 saturated carbocycles. The largest absolute Gasteiger partial charge is 0.508 e. The van der Waals surface area contributed by atoms with Gasteiger partial charge >= 0.3 is 11.9 Å². The number of amides is 6. The summed E-state index contributed by atoms with van der Waals surface area (Å²) in [6.07, 6.45) is -11.0. The van der Waals surface area contributed by atoms with Crippen molar-refractivity contribution < 1.29 is 113 Å². The van der Waals surface area contributed by atoms with E-state index in [9.17, 15) is 70.2 Å². The number of carboxylic acid groups (broad SMARTS) is 2. The molecule has 0 spiro atoms. The van der Waals surface area contributed by atoms with E-state index in [2.05, 4.69) is 37.2 Å². The number of hydrogen-bond donors (Lipinski definition) is 18. The summed E-state index contributed by atoms with van der Waals surface area (Å²) in [7, 11) is 1.43. The van der Waals surface area contributed by atoms with Crippen molar-refractivity contribution in [2.24, 2.45) is 5.73 Å². The zero-order valence-electron chi connectivity index (χ0n) is 50.3. The van der Waals surface area contributed by atoms with Crippen LogP contribution in [0.5, 0.6) is 69.0 Å². The van der Waals surface area contributed by atoms with Crippen LogP contribution in [0.3, 0.4) is 0 Å². The molecule has 0 radical (unpaired) electrons. The van der Waals surface area contributed by atoms with Gasteiger partial charge in [-0.1, -0.05) is 53.5 Å². The van der Waals surface area contributed by atoms with Crippen LogP contribution in [0.4, 0.5) is 0 Å². The van der Waals surface area contributed by atoms with E-state index in [-0.39, 0.29) is 46.1 Å². The second-order valence-electron chi connectivity index (χ2n) is 23.2. The van der Waals surface area contributed by atoms with Crippen molar-refractivity contribution >= 4 is 70.6 Å². The van der Waals surface area contributed by atoms with Crippen molar-refractivity contribution in [3.05, 3.63) is 164 Å². The Morgan fingerprint density at radius 1 is 0.551 bits per heavy atom. The maximum Gasteiger partial charge on any atom is 0.335 e. The third kappa shape index (κ3) is 12.8. The highest BCUT2D eigenvalue weighted by molar-refractivity contribution is 6.33. The molecule has 33 heteroatoms. The third-order valence-electron chi connectivity index (χ3n) is 16.8. The number of halogens is 2. The Labute approximate surface area is 561 Å². The molecule has 7 aliphatic heterocycles. The predicted molar refractivity (Wildman–Crippen MR) is 335 cm³/mol. The fraction of sp³-hybridized carbons (Fsp3) is 0.231. The highest BCUT2D eigenvalue weighted by Gasteiger charge is 2.49. The molecule has 508 valence electrons. The van der Waals surface area contributed by atoms with Crippen molar-refractivity contribution in [2.75, 3.05) is 7.05 Å². The summed E-state index contributed by atoms with van der Waals surface area (Å²) in [5, 5.41) is 128. The van der Waals surface area contributed by atoms with E-state index in [0.717, 1.165) is 72.8 Å². The number of carbonyl (C=O) groups is 8. The van der Waals surface area contributed by atoms with Gasteiger partial charge in [0.05, 0.1) is 16.1 Å². The van der Waals surface area contributed by atoms with Crippen LogP contribution in [-0.2, 0) is 49.5 Å². The van der Waals surface area contributed by atoms with Gasteiger partial charge in [0.25, 0.3) is 0 Å². The Bertz CT molecular complexity index is 4490. The molecule has 7 aromatic rings.